The van der Waals surface area contributed by atoms with Gasteiger partial charge in [0.15, 0.2) is 0 Å². The van der Waals surface area contributed by atoms with Gasteiger partial charge in [-0.25, -0.2) is 0 Å². The van der Waals surface area contributed by atoms with Crippen LogP contribution in [0.4, 0.5) is 13.2 Å². The number of hydrogen-bond donors (Lipinski definition) is 1. The third kappa shape index (κ3) is 5.08. The van der Waals surface area contributed by atoms with Crippen molar-refractivity contribution in [1.29, 1.82) is 0 Å². The van der Waals surface area contributed by atoms with E-state index in [0.717, 1.165) is 0 Å². The highest BCUT2D eigenvalue weighted by Crippen LogP contribution is 2.42. The standard InChI is InChI=1S/C16H27F3N2O2/c1-15(2,23)11-20-7-9-21(10-8-20)14(22)12-5-3-4-6-13(12)16(17,18)19/h12-13,23H,3-11H2,1-2H3/t12-,13-/m0/s1. The van der Waals surface area contributed by atoms with E-state index in [9.17, 15) is 23.1 Å². The number of alkyl halides is 3. The van der Waals surface area contributed by atoms with E-state index in [1.165, 1.54) is 0 Å². The second-order valence-electron chi connectivity index (χ2n) is 7.45. The summed E-state index contributed by atoms with van der Waals surface area (Å²) in [6.45, 7) is 6.02. The number of rotatable bonds is 3. The minimum atomic E-state index is -4.29. The zero-order valence-corrected chi connectivity index (χ0v) is 13.9. The number of hydrogen-bond acceptors (Lipinski definition) is 3. The van der Waals surface area contributed by atoms with Gasteiger partial charge in [-0.1, -0.05) is 12.8 Å². The summed E-state index contributed by atoms with van der Waals surface area (Å²) in [5.41, 5.74) is -0.809. The van der Waals surface area contributed by atoms with Gasteiger partial charge in [0.2, 0.25) is 5.91 Å². The molecule has 0 aromatic heterocycles. The summed E-state index contributed by atoms with van der Waals surface area (Å²) in [5, 5.41) is 9.83. The molecule has 0 aromatic rings. The number of amides is 1. The smallest absolute Gasteiger partial charge is 0.389 e. The lowest BCUT2D eigenvalue weighted by molar-refractivity contribution is -0.201. The number of carbonyl (C=O) groups is 1. The summed E-state index contributed by atoms with van der Waals surface area (Å²) in [4.78, 5) is 16.2. The molecule has 1 amide bonds. The first kappa shape index (κ1) is 18.5. The Labute approximate surface area is 135 Å². The lowest BCUT2D eigenvalue weighted by Crippen LogP contribution is -2.54. The van der Waals surface area contributed by atoms with E-state index in [0.29, 0.717) is 52.0 Å². The monoisotopic (exact) mass is 336 g/mol. The van der Waals surface area contributed by atoms with Gasteiger partial charge in [0.25, 0.3) is 0 Å². The summed E-state index contributed by atoms with van der Waals surface area (Å²) < 4.78 is 39.5. The van der Waals surface area contributed by atoms with Gasteiger partial charge in [0.1, 0.15) is 0 Å². The Morgan fingerprint density at radius 1 is 1.09 bits per heavy atom. The van der Waals surface area contributed by atoms with Crippen LogP contribution in [-0.2, 0) is 4.79 Å². The molecule has 1 saturated heterocycles. The van der Waals surface area contributed by atoms with E-state index >= 15 is 0 Å². The van der Waals surface area contributed by atoms with E-state index in [2.05, 4.69) is 0 Å². The molecule has 0 bridgehead atoms. The fraction of sp³-hybridized carbons (Fsp3) is 0.938. The number of aliphatic hydroxyl groups is 1. The van der Waals surface area contributed by atoms with Crippen LogP contribution in [0.2, 0.25) is 0 Å². The molecular formula is C16H27F3N2O2. The third-order valence-electron chi connectivity index (χ3n) is 4.80. The first-order chi connectivity index (χ1) is 10.6. The predicted octanol–water partition coefficient (Wildman–Crippen LogP) is 2.27. The number of β-amino-alcohol motifs (C(OH)–C–C–N with tert-alkyl or cyclic N) is 1. The van der Waals surface area contributed by atoms with Gasteiger partial charge in [-0.15, -0.1) is 0 Å². The van der Waals surface area contributed by atoms with Gasteiger partial charge >= 0.3 is 6.18 Å². The van der Waals surface area contributed by atoms with Crippen LogP contribution in [0.1, 0.15) is 39.5 Å². The molecule has 2 rings (SSSR count). The highest BCUT2D eigenvalue weighted by Gasteiger charge is 2.49. The van der Waals surface area contributed by atoms with E-state index in [1.54, 1.807) is 18.7 Å². The summed E-state index contributed by atoms with van der Waals surface area (Å²) in [6, 6.07) is 0. The molecule has 1 N–H and O–H groups in total. The van der Waals surface area contributed by atoms with Gasteiger partial charge in [0, 0.05) is 38.6 Å². The molecule has 0 aromatic carbocycles. The Morgan fingerprint density at radius 3 is 2.17 bits per heavy atom. The van der Waals surface area contributed by atoms with Gasteiger partial charge in [-0.05, 0) is 26.7 Å². The summed E-state index contributed by atoms with van der Waals surface area (Å²) in [6.07, 6.45) is -2.63. The molecule has 134 valence electrons. The van der Waals surface area contributed by atoms with Crippen molar-refractivity contribution < 1.29 is 23.1 Å². The lowest BCUT2D eigenvalue weighted by Gasteiger charge is -2.40. The molecule has 1 aliphatic carbocycles. The maximum atomic E-state index is 13.2. The molecule has 0 spiro atoms. The minimum absolute atomic E-state index is 0.0680. The fourth-order valence-electron chi connectivity index (χ4n) is 3.73. The molecule has 2 atom stereocenters. The van der Waals surface area contributed by atoms with Crippen LogP contribution < -0.4 is 0 Å². The topological polar surface area (TPSA) is 43.8 Å². The predicted molar refractivity (Wildman–Crippen MR) is 80.8 cm³/mol. The van der Waals surface area contributed by atoms with Crippen molar-refractivity contribution in [1.82, 2.24) is 9.80 Å². The maximum Gasteiger partial charge on any atom is 0.392 e. The van der Waals surface area contributed by atoms with E-state index in [1.807, 2.05) is 4.90 Å². The molecule has 7 heteroatoms. The van der Waals surface area contributed by atoms with Gasteiger partial charge in [-0.3, -0.25) is 9.69 Å². The fourth-order valence-corrected chi connectivity index (χ4v) is 3.73. The SMILES string of the molecule is CC(C)(O)CN1CCN(C(=O)[C@H]2CCCC[C@@H]2C(F)(F)F)CC1. The van der Waals surface area contributed by atoms with Gasteiger partial charge < -0.3 is 10.0 Å². The Morgan fingerprint density at radius 2 is 1.65 bits per heavy atom. The van der Waals surface area contributed by atoms with E-state index in [-0.39, 0.29) is 12.3 Å². The van der Waals surface area contributed by atoms with Crippen LogP contribution in [0.3, 0.4) is 0 Å². The van der Waals surface area contributed by atoms with Crippen molar-refractivity contribution in [3.63, 3.8) is 0 Å². The molecule has 2 fully saturated rings. The Kier molecular flexibility index (Phi) is 5.61. The number of nitrogens with zero attached hydrogens (tertiary/aromatic N) is 2. The third-order valence-corrected chi connectivity index (χ3v) is 4.80. The average molecular weight is 336 g/mol. The molecule has 1 saturated carbocycles. The number of piperazine rings is 1. The van der Waals surface area contributed by atoms with Gasteiger partial charge in [0.05, 0.1) is 11.5 Å². The van der Waals surface area contributed by atoms with Crippen LogP contribution >= 0.6 is 0 Å². The van der Waals surface area contributed by atoms with Crippen molar-refractivity contribution >= 4 is 5.91 Å². The van der Waals surface area contributed by atoms with Crippen molar-refractivity contribution in [2.24, 2.45) is 11.8 Å². The van der Waals surface area contributed by atoms with Gasteiger partial charge in [-0.2, -0.15) is 13.2 Å². The second kappa shape index (κ2) is 6.97. The molecule has 0 radical (unpaired) electrons. The molecular weight excluding hydrogens is 309 g/mol. The first-order valence-corrected chi connectivity index (χ1v) is 8.38. The molecule has 1 aliphatic heterocycles. The maximum absolute atomic E-state index is 13.2. The van der Waals surface area contributed by atoms with Crippen molar-refractivity contribution in [3.8, 4) is 0 Å². The summed E-state index contributed by atoms with van der Waals surface area (Å²) in [7, 11) is 0. The molecule has 4 nitrogen and oxygen atoms in total. The van der Waals surface area contributed by atoms with Crippen LogP contribution in [-0.4, -0.2) is 65.3 Å². The van der Waals surface area contributed by atoms with E-state index < -0.39 is 23.6 Å². The Bertz CT molecular complexity index is 413. The molecule has 2 aliphatic rings. The normalized spacial score (nSPS) is 28.0. The lowest BCUT2D eigenvalue weighted by atomic mass is 9.78. The number of halogens is 3. The van der Waals surface area contributed by atoms with Crippen LogP contribution in [0.5, 0.6) is 0 Å². The largest absolute Gasteiger partial charge is 0.392 e. The van der Waals surface area contributed by atoms with Crippen LogP contribution in [0.25, 0.3) is 0 Å². The van der Waals surface area contributed by atoms with Crippen LogP contribution in [0, 0.1) is 11.8 Å². The zero-order valence-electron chi connectivity index (χ0n) is 13.9. The average Bonchev–Trinajstić information content (AvgIpc) is 2.45. The summed E-state index contributed by atoms with van der Waals surface area (Å²) in [5.74, 6) is -2.74. The molecule has 1 heterocycles. The zero-order chi connectivity index (χ0) is 17.3. The Balaban J connectivity index is 1.93. The van der Waals surface area contributed by atoms with Crippen LogP contribution in [0.15, 0.2) is 0 Å². The van der Waals surface area contributed by atoms with Crippen molar-refractivity contribution in [2.75, 3.05) is 32.7 Å². The van der Waals surface area contributed by atoms with Crippen molar-refractivity contribution in [2.45, 2.75) is 51.3 Å². The molecule has 23 heavy (non-hydrogen) atoms. The highest BCUT2D eigenvalue weighted by atomic mass is 19.4. The number of carbonyl (C=O) groups excluding carboxylic acids is 1. The highest BCUT2D eigenvalue weighted by molar-refractivity contribution is 5.79. The first-order valence-electron chi connectivity index (χ1n) is 8.38. The Hall–Kier alpha value is -0.820. The summed E-state index contributed by atoms with van der Waals surface area (Å²) >= 11 is 0. The minimum Gasteiger partial charge on any atom is -0.389 e. The molecule has 0 unspecified atom stereocenters. The quantitative estimate of drug-likeness (QED) is 0.860. The second-order valence-corrected chi connectivity index (χ2v) is 7.45. The van der Waals surface area contributed by atoms with E-state index in [4.69, 9.17) is 0 Å². The van der Waals surface area contributed by atoms with Crippen molar-refractivity contribution in [3.05, 3.63) is 0 Å².